The van der Waals surface area contributed by atoms with Crippen molar-refractivity contribution in [2.24, 2.45) is 0 Å². The smallest absolute Gasteiger partial charge is 0.187 e. The second-order valence-electron chi connectivity index (χ2n) is 8.32. The standard InChI is InChI=1S/C24H27N3OS/c1-16-8-11-19(27-14-6-7-21(16)27)15-25-23-26-17(2)22(29-23)18-9-12-20(13-10-18)28-24(3,4)5/h6-7,9-10,12-15H,1,8,11H2,2-5H3,(H,25,26)/b19-15-. The van der Waals surface area contributed by atoms with Gasteiger partial charge in [-0.25, -0.2) is 4.98 Å². The van der Waals surface area contributed by atoms with E-state index in [9.17, 15) is 0 Å². The van der Waals surface area contributed by atoms with Crippen molar-refractivity contribution in [3.05, 3.63) is 66.8 Å². The number of rotatable bonds is 4. The number of thiazole rings is 1. The van der Waals surface area contributed by atoms with E-state index in [1.54, 1.807) is 11.3 Å². The highest BCUT2D eigenvalue weighted by Gasteiger charge is 2.16. The molecule has 0 bridgehead atoms. The molecule has 2 aromatic heterocycles. The van der Waals surface area contributed by atoms with E-state index in [4.69, 9.17) is 9.72 Å². The largest absolute Gasteiger partial charge is 0.488 e. The van der Waals surface area contributed by atoms with Gasteiger partial charge in [0, 0.05) is 23.8 Å². The number of aromatic nitrogens is 2. The summed E-state index contributed by atoms with van der Waals surface area (Å²) in [4.78, 5) is 5.89. The van der Waals surface area contributed by atoms with E-state index in [0.29, 0.717) is 0 Å². The lowest BCUT2D eigenvalue weighted by molar-refractivity contribution is 0.131. The van der Waals surface area contributed by atoms with Gasteiger partial charge in [0.05, 0.1) is 10.6 Å². The normalized spacial score (nSPS) is 15.4. The molecule has 4 rings (SSSR count). The first-order valence-corrected chi connectivity index (χ1v) is 10.7. The highest BCUT2D eigenvalue weighted by molar-refractivity contribution is 7.19. The highest BCUT2D eigenvalue weighted by Crippen LogP contribution is 2.35. The van der Waals surface area contributed by atoms with Crippen LogP contribution in [0.2, 0.25) is 0 Å². The summed E-state index contributed by atoms with van der Waals surface area (Å²) in [6.45, 7) is 12.4. The van der Waals surface area contributed by atoms with E-state index in [0.717, 1.165) is 35.0 Å². The summed E-state index contributed by atoms with van der Waals surface area (Å²) in [5.74, 6) is 0.882. The molecule has 1 N–H and O–H groups in total. The molecular weight excluding hydrogens is 378 g/mol. The molecule has 0 fully saturated rings. The van der Waals surface area contributed by atoms with Crippen LogP contribution in [-0.4, -0.2) is 15.2 Å². The van der Waals surface area contributed by atoms with E-state index in [2.05, 4.69) is 80.8 Å². The number of nitrogens with zero attached hydrogens (tertiary/aromatic N) is 2. The summed E-state index contributed by atoms with van der Waals surface area (Å²) >= 11 is 1.67. The van der Waals surface area contributed by atoms with Gasteiger partial charge >= 0.3 is 0 Å². The number of allylic oxidation sites excluding steroid dienone is 2. The van der Waals surface area contributed by atoms with Crippen molar-refractivity contribution in [3.63, 3.8) is 0 Å². The maximum Gasteiger partial charge on any atom is 0.187 e. The van der Waals surface area contributed by atoms with Crippen molar-refractivity contribution in [3.8, 4) is 16.2 Å². The lowest BCUT2D eigenvalue weighted by Crippen LogP contribution is -2.22. The van der Waals surface area contributed by atoms with Gasteiger partial charge in [-0.3, -0.25) is 0 Å². The molecule has 150 valence electrons. The van der Waals surface area contributed by atoms with E-state index in [-0.39, 0.29) is 5.60 Å². The quantitative estimate of drug-likeness (QED) is 0.518. The minimum absolute atomic E-state index is 0.197. The number of ether oxygens (including phenoxy) is 1. The van der Waals surface area contributed by atoms with Gasteiger partial charge in [0.15, 0.2) is 5.13 Å². The van der Waals surface area contributed by atoms with E-state index in [1.165, 1.54) is 21.8 Å². The summed E-state index contributed by atoms with van der Waals surface area (Å²) in [5.41, 5.74) is 5.60. The van der Waals surface area contributed by atoms with Crippen molar-refractivity contribution >= 4 is 27.7 Å². The van der Waals surface area contributed by atoms with Crippen molar-refractivity contribution in [1.82, 2.24) is 9.55 Å². The summed E-state index contributed by atoms with van der Waals surface area (Å²) in [6, 6.07) is 12.4. The number of benzene rings is 1. The first-order chi connectivity index (χ1) is 13.8. The fourth-order valence-electron chi connectivity index (χ4n) is 3.49. The van der Waals surface area contributed by atoms with Crippen LogP contribution in [0.4, 0.5) is 5.13 Å². The maximum atomic E-state index is 5.92. The van der Waals surface area contributed by atoms with Gasteiger partial charge < -0.3 is 14.6 Å². The molecule has 4 nitrogen and oxygen atoms in total. The third-order valence-electron chi connectivity index (χ3n) is 4.80. The topological polar surface area (TPSA) is 39.1 Å². The van der Waals surface area contributed by atoms with Crippen LogP contribution < -0.4 is 10.1 Å². The maximum absolute atomic E-state index is 5.92. The SMILES string of the molecule is C=C1CC/C(=C/Nc2nc(C)c(-c3ccc(OC(C)(C)C)cc3)s2)n2cccc21. The number of hydrogen-bond donors (Lipinski definition) is 1. The second kappa shape index (κ2) is 7.56. The zero-order valence-corrected chi connectivity index (χ0v) is 18.3. The molecule has 0 unspecified atom stereocenters. The first-order valence-electron chi connectivity index (χ1n) is 9.88. The summed E-state index contributed by atoms with van der Waals surface area (Å²) in [6.07, 6.45) is 6.12. The van der Waals surface area contributed by atoms with Gasteiger partial charge in [-0.1, -0.05) is 17.9 Å². The number of nitrogens with one attached hydrogen (secondary N) is 1. The summed E-state index contributed by atoms with van der Waals surface area (Å²) < 4.78 is 8.13. The van der Waals surface area contributed by atoms with Crippen LogP contribution >= 0.6 is 11.3 Å². The first kappa shape index (κ1) is 19.5. The zero-order chi connectivity index (χ0) is 20.6. The van der Waals surface area contributed by atoms with E-state index < -0.39 is 0 Å². The summed E-state index contributed by atoms with van der Waals surface area (Å²) in [7, 11) is 0. The van der Waals surface area contributed by atoms with Gasteiger partial charge in [-0.05, 0) is 88.1 Å². The highest BCUT2D eigenvalue weighted by atomic mass is 32.1. The van der Waals surface area contributed by atoms with Crippen LogP contribution in [-0.2, 0) is 0 Å². The molecule has 0 radical (unpaired) electrons. The van der Waals surface area contributed by atoms with Gasteiger partial charge in [-0.15, -0.1) is 0 Å². The Morgan fingerprint density at radius 3 is 2.66 bits per heavy atom. The molecular formula is C24H27N3OS. The monoisotopic (exact) mass is 405 g/mol. The Kier molecular flexibility index (Phi) is 5.09. The zero-order valence-electron chi connectivity index (χ0n) is 17.5. The third-order valence-corrected chi connectivity index (χ3v) is 5.94. The van der Waals surface area contributed by atoms with Crippen LogP contribution in [0.3, 0.4) is 0 Å². The molecule has 0 saturated heterocycles. The van der Waals surface area contributed by atoms with Crippen LogP contribution in [0, 0.1) is 6.92 Å². The molecule has 29 heavy (non-hydrogen) atoms. The third kappa shape index (κ3) is 4.30. The van der Waals surface area contributed by atoms with Crippen molar-refractivity contribution < 1.29 is 4.74 Å². The van der Waals surface area contributed by atoms with Crippen LogP contribution in [0.25, 0.3) is 21.7 Å². The Bertz CT molecular complexity index is 1060. The lowest BCUT2D eigenvalue weighted by Gasteiger charge is -2.21. The predicted molar refractivity (Wildman–Crippen MR) is 123 cm³/mol. The molecule has 0 atom stereocenters. The van der Waals surface area contributed by atoms with Gasteiger partial charge in [0.1, 0.15) is 11.4 Å². The van der Waals surface area contributed by atoms with Crippen LogP contribution in [0.1, 0.15) is 45.0 Å². The Morgan fingerprint density at radius 2 is 1.93 bits per heavy atom. The van der Waals surface area contributed by atoms with Gasteiger partial charge in [-0.2, -0.15) is 0 Å². The molecule has 1 aliphatic rings. The fraction of sp³-hybridized carbons (Fsp3) is 0.292. The Balaban J connectivity index is 1.52. The summed E-state index contributed by atoms with van der Waals surface area (Å²) in [5, 5.41) is 4.30. The molecule has 3 heterocycles. The number of hydrogen-bond acceptors (Lipinski definition) is 4. The Hall–Kier alpha value is -2.79. The Morgan fingerprint density at radius 1 is 1.17 bits per heavy atom. The predicted octanol–water partition coefficient (Wildman–Crippen LogP) is 6.81. The molecule has 1 aromatic carbocycles. The number of fused-ring (bicyclic) bond motifs is 1. The minimum atomic E-state index is -0.197. The molecule has 3 aromatic rings. The second-order valence-corrected chi connectivity index (χ2v) is 9.32. The van der Waals surface area contributed by atoms with Gasteiger partial charge in [0.2, 0.25) is 0 Å². The molecule has 0 spiro atoms. The van der Waals surface area contributed by atoms with Gasteiger partial charge in [0.25, 0.3) is 0 Å². The lowest BCUT2D eigenvalue weighted by atomic mass is 10.0. The average molecular weight is 406 g/mol. The average Bonchev–Trinajstić information content (AvgIpc) is 3.28. The van der Waals surface area contributed by atoms with E-state index >= 15 is 0 Å². The molecule has 5 heteroatoms. The number of anilines is 1. The molecule has 0 saturated carbocycles. The number of aryl methyl sites for hydroxylation is 1. The van der Waals surface area contributed by atoms with E-state index in [1.807, 2.05) is 12.1 Å². The molecule has 1 aliphatic heterocycles. The molecule has 0 aliphatic carbocycles. The van der Waals surface area contributed by atoms with Crippen LogP contribution in [0.5, 0.6) is 5.75 Å². The Labute approximate surface area is 176 Å². The molecule has 0 amide bonds. The van der Waals surface area contributed by atoms with Crippen molar-refractivity contribution in [2.45, 2.75) is 46.1 Å². The minimum Gasteiger partial charge on any atom is -0.488 e. The van der Waals surface area contributed by atoms with Crippen molar-refractivity contribution in [2.75, 3.05) is 5.32 Å². The fourth-order valence-corrected chi connectivity index (χ4v) is 4.43. The van der Waals surface area contributed by atoms with Crippen molar-refractivity contribution in [1.29, 1.82) is 0 Å². The van der Waals surface area contributed by atoms with Crippen LogP contribution in [0.15, 0.2) is 55.4 Å².